The molecule has 0 saturated carbocycles. The van der Waals surface area contributed by atoms with Crippen molar-refractivity contribution >= 4 is 17.7 Å². The maximum atomic E-state index is 11.6. The van der Waals surface area contributed by atoms with Crippen molar-refractivity contribution in [3.8, 4) is 11.3 Å². The first-order valence-corrected chi connectivity index (χ1v) is 5.57. The zero-order valence-corrected chi connectivity index (χ0v) is 10.0. The van der Waals surface area contributed by atoms with Crippen LogP contribution in [0.25, 0.3) is 11.3 Å². The van der Waals surface area contributed by atoms with E-state index in [2.05, 4.69) is 5.10 Å². The van der Waals surface area contributed by atoms with E-state index in [0.717, 1.165) is 5.56 Å². The lowest BCUT2D eigenvalue weighted by Crippen LogP contribution is -2.15. The SMILES string of the molecule is CCOC(=O)n1nccc1-c1ccc(Cl)cc1. The van der Waals surface area contributed by atoms with Crippen molar-refractivity contribution in [1.82, 2.24) is 9.78 Å². The third-order valence-corrected chi connectivity index (χ3v) is 2.48. The molecule has 5 heteroatoms. The molecule has 0 fully saturated rings. The van der Waals surface area contributed by atoms with Crippen LogP contribution in [0.2, 0.25) is 5.02 Å². The van der Waals surface area contributed by atoms with Crippen LogP contribution in [-0.4, -0.2) is 22.5 Å². The van der Waals surface area contributed by atoms with Crippen molar-refractivity contribution in [3.05, 3.63) is 41.6 Å². The lowest BCUT2D eigenvalue weighted by Gasteiger charge is -2.06. The molecule has 0 aliphatic carbocycles. The number of carbonyl (C=O) groups excluding carboxylic acids is 1. The largest absolute Gasteiger partial charge is 0.448 e. The van der Waals surface area contributed by atoms with E-state index >= 15 is 0 Å². The molecule has 1 aromatic carbocycles. The Morgan fingerprint density at radius 2 is 2.06 bits per heavy atom. The van der Waals surface area contributed by atoms with E-state index in [1.807, 2.05) is 12.1 Å². The van der Waals surface area contributed by atoms with Gasteiger partial charge in [0, 0.05) is 10.6 Å². The van der Waals surface area contributed by atoms with Crippen LogP contribution in [-0.2, 0) is 4.74 Å². The van der Waals surface area contributed by atoms with Gasteiger partial charge in [-0.05, 0) is 25.1 Å². The van der Waals surface area contributed by atoms with Gasteiger partial charge in [0.2, 0.25) is 0 Å². The van der Waals surface area contributed by atoms with Crippen LogP contribution in [0.15, 0.2) is 36.5 Å². The molecule has 0 aliphatic rings. The summed E-state index contributed by atoms with van der Waals surface area (Å²) in [4.78, 5) is 11.6. The van der Waals surface area contributed by atoms with E-state index in [1.165, 1.54) is 4.68 Å². The molecule has 0 spiro atoms. The normalized spacial score (nSPS) is 10.2. The highest BCUT2D eigenvalue weighted by atomic mass is 35.5. The van der Waals surface area contributed by atoms with Gasteiger partial charge in [0.1, 0.15) is 0 Å². The topological polar surface area (TPSA) is 44.1 Å². The molecule has 0 unspecified atom stereocenters. The molecular weight excluding hydrogens is 240 g/mol. The minimum absolute atomic E-state index is 0.318. The molecule has 1 heterocycles. The van der Waals surface area contributed by atoms with Crippen molar-refractivity contribution in [1.29, 1.82) is 0 Å². The molecule has 2 aromatic rings. The molecule has 0 amide bonds. The van der Waals surface area contributed by atoms with E-state index in [-0.39, 0.29) is 0 Å². The van der Waals surface area contributed by atoms with Gasteiger partial charge < -0.3 is 4.74 Å². The van der Waals surface area contributed by atoms with E-state index in [4.69, 9.17) is 16.3 Å². The summed E-state index contributed by atoms with van der Waals surface area (Å²) >= 11 is 5.81. The number of ether oxygens (including phenoxy) is 1. The predicted octanol–water partition coefficient (Wildman–Crippen LogP) is 3.21. The highest BCUT2D eigenvalue weighted by molar-refractivity contribution is 6.30. The van der Waals surface area contributed by atoms with Gasteiger partial charge in [-0.1, -0.05) is 23.7 Å². The molecular formula is C12H11ClN2O2. The zero-order valence-electron chi connectivity index (χ0n) is 9.26. The minimum Gasteiger partial charge on any atom is -0.448 e. The van der Waals surface area contributed by atoms with E-state index in [0.29, 0.717) is 17.3 Å². The van der Waals surface area contributed by atoms with Gasteiger partial charge in [-0.25, -0.2) is 4.79 Å². The van der Waals surface area contributed by atoms with Crippen molar-refractivity contribution in [2.75, 3.05) is 6.61 Å². The Morgan fingerprint density at radius 3 is 2.71 bits per heavy atom. The van der Waals surface area contributed by atoms with Crippen molar-refractivity contribution in [2.45, 2.75) is 6.92 Å². The second-order valence-corrected chi connectivity index (χ2v) is 3.77. The molecule has 0 aliphatic heterocycles. The number of carbonyl (C=O) groups is 1. The van der Waals surface area contributed by atoms with Crippen LogP contribution in [0.1, 0.15) is 6.92 Å². The van der Waals surface area contributed by atoms with E-state index in [9.17, 15) is 4.79 Å². The van der Waals surface area contributed by atoms with Crippen LogP contribution in [0.4, 0.5) is 4.79 Å². The molecule has 0 N–H and O–H groups in total. The van der Waals surface area contributed by atoms with E-state index < -0.39 is 6.09 Å². The Kier molecular flexibility index (Phi) is 3.44. The number of aromatic nitrogens is 2. The Bertz CT molecular complexity index is 520. The van der Waals surface area contributed by atoms with Crippen LogP contribution in [0.3, 0.4) is 0 Å². The van der Waals surface area contributed by atoms with Gasteiger partial charge in [0.15, 0.2) is 0 Å². The van der Waals surface area contributed by atoms with Crippen molar-refractivity contribution < 1.29 is 9.53 Å². The van der Waals surface area contributed by atoms with Crippen LogP contribution < -0.4 is 0 Å². The number of halogens is 1. The summed E-state index contributed by atoms with van der Waals surface area (Å²) in [5.41, 5.74) is 1.54. The van der Waals surface area contributed by atoms with Gasteiger partial charge in [0.05, 0.1) is 18.5 Å². The molecule has 0 atom stereocenters. The Hall–Kier alpha value is -1.81. The van der Waals surface area contributed by atoms with Crippen LogP contribution in [0, 0.1) is 0 Å². The third kappa shape index (κ3) is 2.47. The fraction of sp³-hybridized carbons (Fsp3) is 0.167. The fourth-order valence-electron chi connectivity index (χ4n) is 1.47. The molecule has 88 valence electrons. The molecule has 0 saturated heterocycles. The maximum absolute atomic E-state index is 11.6. The third-order valence-electron chi connectivity index (χ3n) is 2.22. The summed E-state index contributed by atoms with van der Waals surface area (Å²) < 4.78 is 6.14. The summed E-state index contributed by atoms with van der Waals surface area (Å²) in [6.45, 7) is 2.07. The average molecular weight is 251 g/mol. The van der Waals surface area contributed by atoms with Crippen LogP contribution >= 0.6 is 11.6 Å². The van der Waals surface area contributed by atoms with Gasteiger partial charge in [-0.3, -0.25) is 0 Å². The summed E-state index contributed by atoms with van der Waals surface area (Å²) in [6, 6.07) is 8.93. The molecule has 0 bridgehead atoms. The molecule has 2 rings (SSSR count). The maximum Gasteiger partial charge on any atom is 0.435 e. The lowest BCUT2D eigenvalue weighted by atomic mass is 10.1. The first-order chi connectivity index (χ1) is 8.22. The highest BCUT2D eigenvalue weighted by Crippen LogP contribution is 2.21. The fourth-order valence-corrected chi connectivity index (χ4v) is 1.60. The van der Waals surface area contributed by atoms with Gasteiger partial charge in [0.25, 0.3) is 0 Å². The van der Waals surface area contributed by atoms with Crippen molar-refractivity contribution in [3.63, 3.8) is 0 Å². The van der Waals surface area contributed by atoms with Crippen molar-refractivity contribution in [2.24, 2.45) is 0 Å². The van der Waals surface area contributed by atoms with Gasteiger partial charge >= 0.3 is 6.09 Å². The van der Waals surface area contributed by atoms with Crippen LogP contribution in [0.5, 0.6) is 0 Å². The van der Waals surface area contributed by atoms with E-state index in [1.54, 1.807) is 31.3 Å². The number of rotatable bonds is 2. The summed E-state index contributed by atoms with van der Waals surface area (Å²) in [5, 5.41) is 4.59. The molecule has 4 nitrogen and oxygen atoms in total. The Morgan fingerprint density at radius 1 is 1.35 bits per heavy atom. The van der Waals surface area contributed by atoms with Gasteiger partial charge in [-0.15, -0.1) is 0 Å². The Balaban J connectivity index is 2.36. The summed E-state index contributed by atoms with van der Waals surface area (Å²) in [7, 11) is 0. The number of nitrogens with zero attached hydrogens (tertiary/aromatic N) is 2. The molecule has 0 radical (unpaired) electrons. The smallest absolute Gasteiger partial charge is 0.435 e. The highest BCUT2D eigenvalue weighted by Gasteiger charge is 2.12. The first kappa shape index (κ1) is 11.7. The second kappa shape index (κ2) is 5.01. The second-order valence-electron chi connectivity index (χ2n) is 3.33. The number of benzene rings is 1. The Labute approximate surface area is 104 Å². The first-order valence-electron chi connectivity index (χ1n) is 5.19. The number of hydrogen-bond donors (Lipinski definition) is 0. The average Bonchev–Trinajstić information content (AvgIpc) is 2.79. The molecule has 1 aromatic heterocycles. The summed E-state index contributed by atoms with van der Waals surface area (Å²) in [6.07, 6.45) is 1.07. The summed E-state index contributed by atoms with van der Waals surface area (Å²) in [5.74, 6) is 0. The zero-order chi connectivity index (χ0) is 12.3. The quantitative estimate of drug-likeness (QED) is 0.822. The standard InChI is InChI=1S/C12H11ClN2O2/c1-2-17-12(16)15-11(7-8-14-15)9-3-5-10(13)6-4-9/h3-8H,2H2,1H3. The minimum atomic E-state index is -0.484. The molecule has 17 heavy (non-hydrogen) atoms. The predicted molar refractivity (Wildman–Crippen MR) is 65.1 cm³/mol. The lowest BCUT2D eigenvalue weighted by molar-refractivity contribution is 0.151. The monoisotopic (exact) mass is 250 g/mol. The number of hydrogen-bond acceptors (Lipinski definition) is 3. The van der Waals surface area contributed by atoms with Gasteiger partial charge in [-0.2, -0.15) is 9.78 Å².